The maximum absolute atomic E-state index is 11.8. The summed E-state index contributed by atoms with van der Waals surface area (Å²) in [5.41, 5.74) is 0.652. The molecule has 2 rings (SSSR count). The molecule has 0 saturated carbocycles. The molecule has 108 valence electrons. The lowest BCUT2D eigenvalue weighted by atomic mass is 10.2. The molecular formula is C14H17ClN2O3. The number of anilines is 1. The monoisotopic (exact) mass is 296 g/mol. The zero-order valence-corrected chi connectivity index (χ0v) is 11.8. The largest absolute Gasteiger partial charge is 0.480 e. The van der Waals surface area contributed by atoms with Crippen molar-refractivity contribution >= 4 is 29.2 Å². The first-order valence-electron chi connectivity index (χ1n) is 6.58. The van der Waals surface area contributed by atoms with E-state index in [1.807, 2.05) is 4.90 Å². The van der Waals surface area contributed by atoms with Gasteiger partial charge in [0.05, 0.1) is 0 Å². The highest BCUT2D eigenvalue weighted by atomic mass is 35.5. The summed E-state index contributed by atoms with van der Waals surface area (Å²) in [5.74, 6) is -0.943. The Kier molecular flexibility index (Phi) is 4.98. The molecule has 0 bridgehead atoms. The molecular weight excluding hydrogens is 280 g/mol. The molecule has 1 atom stereocenters. The topological polar surface area (TPSA) is 69.6 Å². The van der Waals surface area contributed by atoms with Crippen LogP contribution < -0.4 is 5.32 Å². The molecule has 0 radical (unpaired) electrons. The van der Waals surface area contributed by atoms with Crippen LogP contribution in [-0.4, -0.2) is 41.0 Å². The molecule has 1 fully saturated rings. The van der Waals surface area contributed by atoms with Crippen LogP contribution in [0.5, 0.6) is 0 Å². The molecule has 1 aromatic carbocycles. The second-order valence-corrected chi connectivity index (χ2v) is 5.28. The number of hydrogen-bond acceptors (Lipinski definition) is 3. The third kappa shape index (κ3) is 3.95. The highest BCUT2D eigenvalue weighted by Crippen LogP contribution is 2.18. The van der Waals surface area contributed by atoms with Gasteiger partial charge in [0.25, 0.3) is 0 Å². The summed E-state index contributed by atoms with van der Waals surface area (Å²) in [5, 5.41) is 12.4. The number of carbonyl (C=O) groups is 2. The van der Waals surface area contributed by atoms with E-state index >= 15 is 0 Å². The molecule has 2 N–H and O–H groups in total. The number of nitrogens with zero attached hydrogens (tertiary/aromatic N) is 1. The van der Waals surface area contributed by atoms with Crippen molar-refractivity contribution in [3.05, 3.63) is 29.3 Å². The fourth-order valence-electron chi connectivity index (χ4n) is 2.41. The standard InChI is InChI=1S/C14H17ClN2O3/c15-10-3-1-4-11(9-10)16-13(18)6-8-17-7-2-5-12(17)14(19)20/h1,3-4,9,12H,2,5-8H2,(H,16,18)(H,19,20)/t12-/m1/s1. The van der Waals surface area contributed by atoms with Crippen LogP contribution >= 0.6 is 11.6 Å². The summed E-state index contributed by atoms with van der Waals surface area (Å²) in [6.45, 7) is 1.20. The predicted octanol–water partition coefficient (Wildman–Crippen LogP) is 2.22. The lowest BCUT2D eigenvalue weighted by Crippen LogP contribution is -2.37. The van der Waals surface area contributed by atoms with Gasteiger partial charge >= 0.3 is 5.97 Å². The highest BCUT2D eigenvalue weighted by molar-refractivity contribution is 6.30. The van der Waals surface area contributed by atoms with Crippen molar-refractivity contribution in [1.82, 2.24) is 4.90 Å². The average Bonchev–Trinajstić information content (AvgIpc) is 2.85. The Hall–Kier alpha value is -1.59. The Morgan fingerprint density at radius 3 is 2.95 bits per heavy atom. The number of halogens is 1. The van der Waals surface area contributed by atoms with Crippen LogP contribution in [0.1, 0.15) is 19.3 Å². The van der Waals surface area contributed by atoms with E-state index in [4.69, 9.17) is 16.7 Å². The van der Waals surface area contributed by atoms with Gasteiger partial charge in [-0.3, -0.25) is 14.5 Å². The smallest absolute Gasteiger partial charge is 0.320 e. The van der Waals surface area contributed by atoms with E-state index in [-0.39, 0.29) is 12.3 Å². The molecule has 0 unspecified atom stereocenters. The number of carbonyl (C=O) groups excluding carboxylic acids is 1. The molecule has 1 amide bonds. The summed E-state index contributed by atoms with van der Waals surface area (Å²) in [6.07, 6.45) is 1.80. The van der Waals surface area contributed by atoms with Crippen LogP contribution in [0.2, 0.25) is 5.02 Å². The second kappa shape index (κ2) is 6.72. The first-order valence-corrected chi connectivity index (χ1v) is 6.96. The van der Waals surface area contributed by atoms with Crippen molar-refractivity contribution < 1.29 is 14.7 Å². The third-order valence-corrected chi connectivity index (χ3v) is 3.62. The van der Waals surface area contributed by atoms with Gasteiger partial charge in [0, 0.05) is 23.7 Å². The van der Waals surface area contributed by atoms with E-state index in [2.05, 4.69) is 5.32 Å². The van der Waals surface area contributed by atoms with Gasteiger partial charge in [0.1, 0.15) is 6.04 Å². The fourth-order valence-corrected chi connectivity index (χ4v) is 2.60. The minimum absolute atomic E-state index is 0.136. The Morgan fingerprint density at radius 1 is 1.45 bits per heavy atom. The number of nitrogens with one attached hydrogen (secondary N) is 1. The Bertz CT molecular complexity index is 507. The summed E-state index contributed by atoms with van der Waals surface area (Å²) in [4.78, 5) is 24.7. The minimum atomic E-state index is -0.808. The first kappa shape index (κ1) is 14.8. The summed E-state index contributed by atoms with van der Waals surface area (Å²) >= 11 is 5.84. The minimum Gasteiger partial charge on any atom is -0.480 e. The number of hydrogen-bond donors (Lipinski definition) is 2. The van der Waals surface area contributed by atoms with E-state index < -0.39 is 12.0 Å². The maximum atomic E-state index is 11.8. The van der Waals surface area contributed by atoms with E-state index in [9.17, 15) is 9.59 Å². The Morgan fingerprint density at radius 2 is 2.25 bits per heavy atom. The predicted molar refractivity (Wildman–Crippen MR) is 76.9 cm³/mol. The van der Waals surface area contributed by atoms with Gasteiger partial charge in [-0.25, -0.2) is 0 Å². The fraction of sp³-hybridized carbons (Fsp3) is 0.429. The number of likely N-dealkylation sites (tertiary alicyclic amines) is 1. The molecule has 1 saturated heterocycles. The van der Waals surface area contributed by atoms with Gasteiger partial charge in [0.2, 0.25) is 5.91 Å². The number of amides is 1. The van der Waals surface area contributed by atoms with E-state index in [0.29, 0.717) is 23.7 Å². The number of benzene rings is 1. The van der Waals surface area contributed by atoms with Crippen molar-refractivity contribution in [3.8, 4) is 0 Å². The second-order valence-electron chi connectivity index (χ2n) is 4.84. The van der Waals surface area contributed by atoms with Crippen molar-refractivity contribution in [2.75, 3.05) is 18.4 Å². The molecule has 20 heavy (non-hydrogen) atoms. The number of carboxylic acid groups (broad SMARTS) is 1. The van der Waals surface area contributed by atoms with Gasteiger partial charge in [0.15, 0.2) is 0 Å². The van der Waals surface area contributed by atoms with Gasteiger partial charge in [-0.2, -0.15) is 0 Å². The van der Waals surface area contributed by atoms with Crippen LogP contribution in [0.15, 0.2) is 24.3 Å². The van der Waals surface area contributed by atoms with Crippen molar-refractivity contribution in [1.29, 1.82) is 0 Å². The van der Waals surface area contributed by atoms with E-state index in [1.54, 1.807) is 24.3 Å². The first-order chi connectivity index (χ1) is 9.56. The molecule has 0 aromatic heterocycles. The summed E-state index contributed by atoms with van der Waals surface area (Å²) in [6, 6.07) is 6.49. The number of rotatable bonds is 5. The zero-order chi connectivity index (χ0) is 14.5. The maximum Gasteiger partial charge on any atom is 0.320 e. The van der Waals surface area contributed by atoms with E-state index in [0.717, 1.165) is 13.0 Å². The summed E-state index contributed by atoms with van der Waals surface area (Å²) < 4.78 is 0. The van der Waals surface area contributed by atoms with Gasteiger partial charge in [-0.15, -0.1) is 0 Å². The summed E-state index contributed by atoms with van der Waals surface area (Å²) in [7, 11) is 0. The van der Waals surface area contributed by atoms with Crippen molar-refractivity contribution in [3.63, 3.8) is 0 Å². The average molecular weight is 297 g/mol. The van der Waals surface area contributed by atoms with Gasteiger partial charge in [-0.05, 0) is 37.6 Å². The molecule has 5 nitrogen and oxygen atoms in total. The highest BCUT2D eigenvalue weighted by Gasteiger charge is 2.30. The Labute approximate surface area is 122 Å². The quantitative estimate of drug-likeness (QED) is 0.874. The molecule has 1 aliphatic heterocycles. The van der Waals surface area contributed by atoms with Crippen LogP contribution in [0.4, 0.5) is 5.69 Å². The molecule has 6 heteroatoms. The lowest BCUT2D eigenvalue weighted by molar-refractivity contribution is -0.142. The van der Waals surface area contributed by atoms with Crippen LogP contribution in [0.25, 0.3) is 0 Å². The third-order valence-electron chi connectivity index (χ3n) is 3.38. The SMILES string of the molecule is O=C(CCN1CCC[C@@H]1C(=O)O)Nc1cccc(Cl)c1. The lowest BCUT2D eigenvalue weighted by Gasteiger charge is -2.20. The van der Waals surface area contributed by atoms with Crippen LogP contribution in [0.3, 0.4) is 0 Å². The molecule has 0 spiro atoms. The molecule has 1 aliphatic rings. The Balaban J connectivity index is 1.82. The molecule has 1 heterocycles. The molecule has 1 aromatic rings. The molecule has 0 aliphatic carbocycles. The van der Waals surface area contributed by atoms with Crippen LogP contribution in [-0.2, 0) is 9.59 Å². The van der Waals surface area contributed by atoms with Crippen molar-refractivity contribution in [2.45, 2.75) is 25.3 Å². The number of aliphatic carboxylic acids is 1. The number of carboxylic acids is 1. The van der Waals surface area contributed by atoms with Crippen LogP contribution in [0, 0.1) is 0 Å². The van der Waals surface area contributed by atoms with Gasteiger partial charge < -0.3 is 10.4 Å². The zero-order valence-electron chi connectivity index (χ0n) is 11.0. The van der Waals surface area contributed by atoms with Gasteiger partial charge in [-0.1, -0.05) is 17.7 Å². The van der Waals surface area contributed by atoms with E-state index in [1.165, 1.54) is 0 Å². The van der Waals surface area contributed by atoms with Crippen molar-refractivity contribution in [2.24, 2.45) is 0 Å². The normalized spacial score (nSPS) is 18.9.